The topological polar surface area (TPSA) is 56.7 Å². The molecule has 0 amide bonds. The first kappa shape index (κ1) is 10.1. The van der Waals surface area contributed by atoms with E-state index in [-0.39, 0.29) is 0 Å². The van der Waals surface area contributed by atoms with Crippen LogP contribution in [0.2, 0.25) is 5.02 Å². The lowest BCUT2D eigenvalue weighted by atomic mass is 10.2. The lowest BCUT2D eigenvalue weighted by Gasteiger charge is -2.07. The number of hydrogen-bond donors (Lipinski definition) is 1. The van der Waals surface area contributed by atoms with E-state index < -0.39 is 0 Å². The average Bonchev–Trinajstić information content (AvgIpc) is 2.65. The standard InChI is InChI=1S/C10H11ClN4/c1-7-2-10(8(3-12)4-13-7)15-6-9(11)5-14-15/h2,4-6H,3,12H2,1H3. The van der Waals surface area contributed by atoms with Crippen LogP contribution in [-0.4, -0.2) is 14.8 Å². The second kappa shape index (κ2) is 4.00. The highest BCUT2D eigenvalue weighted by Crippen LogP contribution is 2.16. The third-order valence-corrected chi connectivity index (χ3v) is 2.31. The van der Waals surface area contributed by atoms with Crippen LogP contribution in [0, 0.1) is 6.92 Å². The molecule has 2 aromatic rings. The lowest BCUT2D eigenvalue weighted by molar-refractivity contribution is 0.849. The normalized spacial score (nSPS) is 10.6. The van der Waals surface area contributed by atoms with Crippen LogP contribution in [0.1, 0.15) is 11.3 Å². The van der Waals surface area contributed by atoms with Crippen LogP contribution >= 0.6 is 11.6 Å². The highest BCUT2D eigenvalue weighted by atomic mass is 35.5. The van der Waals surface area contributed by atoms with Crippen molar-refractivity contribution in [2.24, 2.45) is 5.73 Å². The predicted molar refractivity (Wildman–Crippen MR) is 59.0 cm³/mol. The maximum atomic E-state index is 5.82. The number of nitrogens with two attached hydrogens (primary N) is 1. The van der Waals surface area contributed by atoms with Gasteiger partial charge < -0.3 is 5.73 Å². The highest BCUT2D eigenvalue weighted by Gasteiger charge is 2.05. The molecule has 0 aliphatic rings. The van der Waals surface area contributed by atoms with E-state index in [4.69, 9.17) is 17.3 Å². The number of halogens is 1. The Morgan fingerprint density at radius 2 is 2.27 bits per heavy atom. The molecule has 0 aromatic carbocycles. The molecule has 0 aliphatic carbocycles. The van der Waals surface area contributed by atoms with E-state index in [2.05, 4.69) is 10.1 Å². The monoisotopic (exact) mass is 222 g/mol. The number of nitrogens with zero attached hydrogens (tertiary/aromatic N) is 3. The summed E-state index contributed by atoms with van der Waals surface area (Å²) in [5, 5.41) is 4.74. The van der Waals surface area contributed by atoms with E-state index in [9.17, 15) is 0 Å². The Balaban J connectivity index is 2.55. The summed E-state index contributed by atoms with van der Waals surface area (Å²) in [6.07, 6.45) is 5.10. The summed E-state index contributed by atoms with van der Waals surface area (Å²) < 4.78 is 1.71. The number of aromatic nitrogens is 3. The van der Waals surface area contributed by atoms with Gasteiger partial charge in [0.2, 0.25) is 0 Å². The van der Waals surface area contributed by atoms with Gasteiger partial charge in [-0.1, -0.05) is 11.6 Å². The predicted octanol–water partition coefficient (Wildman–Crippen LogP) is 1.69. The SMILES string of the molecule is Cc1cc(-n2cc(Cl)cn2)c(CN)cn1. The molecule has 15 heavy (non-hydrogen) atoms. The van der Waals surface area contributed by atoms with Gasteiger partial charge in [-0.2, -0.15) is 5.10 Å². The minimum Gasteiger partial charge on any atom is -0.326 e. The first-order chi connectivity index (χ1) is 7.20. The molecule has 0 radical (unpaired) electrons. The molecule has 0 unspecified atom stereocenters. The summed E-state index contributed by atoms with van der Waals surface area (Å²) in [5.74, 6) is 0. The number of hydrogen-bond acceptors (Lipinski definition) is 3. The van der Waals surface area contributed by atoms with E-state index in [1.54, 1.807) is 23.3 Å². The van der Waals surface area contributed by atoms with Crippen molar-refractivity contribution < 1.29 is 0 Å². The van der Waals surface area contributed by atoms with Crippen molar-refractivity contribution in [2.45, 2.75) is 13.5 Å². The minimum absolute atomic E-state index is 0.431. The number of rotatable bonds is 2. The van der Waals surface area contributed by atoms with Crippen molar-refractivity contribution in [3.05, 3.63) is 40.9 Å². The lowest BCUT2D eigenvalue weighted by Crippen LogP contribution is -2.06. The van der Waals surface area contributed by atoms with Crippen molar-refractivity contribution in [3.63, 3.8) is 0 Å². The molecule has 0 saturated heterocycles. The molecule has 4 nitrogen and oxygen atoms in total. The Morgan fingerprint density at radius 3 is 2.87 bits per heavy atom. The smallest absolute Gasteiger partial charge is 0.0790 e. The third-order valence-electron chi connectivity index (χ3n) is 2.12. The molecule has 5 heteroatoms. The maximum absolute atomic E-state index is 5.82. The van der Waals surface area contributed by atoms with Gasteiger partial charge >= 0.3 is 0 Å². The quantitative estimate of drug-likeness (QED) is 0.841. The van der Waals surface area contributed by atoms with Gasteiger partial charge in [0.15, 0.2) is 0 Å². The Hall–Kier alpha value is -1.39. The number of pyridine rings is 1. The van der Waals surface area contributed by atoms with Crippen LogP contribution in [0.3, 0.4) is 0 Å². The summed E-state index contributed by atoms with van der Waals surface area (Å²) in [5.41, 5.74) is 8.43. The summed E-state index contributed by atoms with van der Waals surface area (Å²) in [7, 11) is 0. The van der Waals surface area contributed by atoms with Gasteiger partial charge in [-0.15, -0.1) is 0 Å². The minimum atomic E-state index is 0.431. The molecule has 2 aromatic heterocycles. The van der Waals surface area contributed by atoms with Crippen LogP contribution in [0.15, 0.2) is 24.7 Å². The van der Waals surface area contributed by atoms with Crippen LogP contribution < -0.4 is 5.73 Å². The van der Waals surface area contributed by atoms with Gasteiger partial charge in [0.25, 0.3) is 0 Å². The van der Waals surface area contributed by atoms with E-state index >= 15 is 0 Å². The third kappa shape index (κ3) is 2.00. The van der Waals surface area contributed by atoms with Crippen LogP contribution in [0.5, 0.6) is 0 Å². The molecule has 0 bridgehead atoms. The highest BCUT2D eigenvalue weighted by molar-refractivity contribution is 6.30. The largest absolute Gasteiger partial charge is 0.326 e. The van der Waals surface area contributed by atoms with E-state index in [0.717, 1.165) is 16.9 Å². The van der Waals surface area contributed by atoms with Crippen LogP contribution in [0.4, 0.5) is 0 Å². The summed E-state index contributed by atoms with van der Waals surface area (Å²) in [6.45, 7) is 2.36. The maximum Gasteiger partial charge on any atom is 0.0790 e. The van der Waals surface area contributed by atoms with Gasteiger partial charge in [0, 0.05) is 30.2 Å². The molecule has 2 rings (SSSR count). The molecule has 78 valence electrons. The molecule has 0 saturated carbocycles. The van der Waals surface area contributed by atoms with E-state index in [1.165, 1.54) is 0 Å². The Kier molecular flexibility index (Phi) is 2.70. The first-order valence-electron chi connectivity index (χ1n) is 4.57. The van der Waals surface area contributed by atoms with Crippen LogP contribution in [0.25, 0.3) is 5.69 Å². The van der Waals surface area contributed by atoms with Crippen molar-refractivity contribution in [2.75, 3.05) is 0 Å². The van der Waals surface area contributed by atoms with Crippen molar-refractivity contribution in [1.82, 2.24) is 14.8 Å². The summed E-state index contributed by atoms with van der Waals surface area (Å²) in [6, 6.07) is 1.94. The molecule has 0 spiro atoms. The van der Waals surface area contributed by atoms with Gasteiger partial charge in [0.1, 0.15) is 0 Å². The Labute approximate surface area is 92.7 Å². The molecule has 0 fully saturated rings. The van der Waals surface area contributed by atoms with Gasteiger partial charge in [-0.05, 0) is 13.0 Å². The van der Waals surface area contributed by atoms with Crippen molar-refractivity contribution in [1.29, 1.82) is 0 Å². The molecule has 0 atom stereocenters. The second-order valence-electron chi connectivity index (χ2n) is 3.26. The fraction of sp³-hybridized carbons (Fsp3) is 0.200. The Morgan fingerprint density at radius 1 is 1.47 bits per heavy atom. The van der Waals surface area contributed by atoms with Gasteiger partial charge in [0.05, 0.1) is 16.9 Å². The van der Waals surface area contributed by atoms with Gasteiger partial charge in [-0.3, -0.25) is 4.98 Å². The molecule has 2 N–H and O–H groups in total. The first-order valence-corrected chi connectivity index (χ1v) is 4.94. The van der Waals surface area contributed by atoms with Crippen molar-refractivity contribution >= 4 is 11.6 Å². The van der Waals surface area contributed by atoms with E-state index in [0.29, 0.717) is 11.6 Å². The molecule has 2 heterocycles. The zero-order chi connectivity index (χ0) is 10.8. The number of aryl methyl sites for hydroxylation is 1. The van der Waals surface area contributed by atoms with Crippen molar-refractivity contribution in [3.8, 4) is 5.69 Å². The average molecular weight is 223 g/mol. The van der Waals surface area contributed by atoms with Gasteiger partial charge in [-0.25, -0.2) is 4.68 Å². The fourth-order valence-corrected chi connectivity index (χ4v) is 1.51. The van der Waals surface area contributed by atoms with E-state index in [1.807, 2.05) is 13.0 Å². The van der Waals surface area contributed by atoms with Crippen LogP contribution in [-0.2, 0) is 6.54 Å². The Bertz CT molecular complexity index is 478. The zero-order valence-corrected chi connectivity index (χ0v) is 9.07. The zero-order valence-electron chi connectivity index (χ0n) is 8.31. The second-order valence-corrected chi connectivity index (χ2v) is 3.70. The fourth-order valence-electron chi connectivity index (χ4n) is 1.38. The summed E-state index contributed by atoms with van der Waals surface area (Å²) >= 11 is 5.82. The summed E-state index contributed by atoms with van der Waals surface area (Å²) in [4.78, 5) is 4.19. The molecular formula is C10H11ClN4. The molecule has 0 aliphatic heterocycles. The molecular weight excluding hydrogens is 212 g/mol.